The number of halogens is 1. The van der Waals surface area contributed by atoms with Gasteiger partial charge >= 0.3 is 5.97 Å². The largest absolute Gasteiger partial charge is 0.504 e. The maximum Gasteiger partial charge on any atom is 0.325 e. The van der Waals surface area contributed by atoms with Crippen molar-refractivity contribution in [3.05, 3.63) is 75.8 Å². The van der Waals surface area contributed by atoms with E-state index in [1.807, 2.05) is 0 Å². The van der Waals surface area contributed by atoms with Crippen LogP contribution in [-0.2, 0) is 11.3 Å². The number of nitrogens with one attached hydrogen (secondary N) is 1. The average molecular weight is 424 g/mol. The molecule has 158 valence electrons. The Bertz CT molecular complexity index is 1410. The predicted octanol–water partition coefficient (Wildman–Crippen LogP) is 1.75. The van der Waals surface area contributed by atoms with Gasteiger partial charge in [-0.2, -0.15) is 0 Å². The third-order valence-corrected chi connectivity index (χ3v) is 4.90. The molecule has 2 aromatic carbocycles. The first-order chi connectivity index (χ1) is 14.8. The fourth-order valence-electron chi connectivity index (χ4n) is 3.31. The number of fused-ring (bicyclic) bond motifs is 3. The SMILES string of the molecule is CC(NC(=O)c1c(O)c2nc3ccccc3n2n(Cc2ccccc2F)c1=O)C(=O)O. The molecule has 0 radical (unpaired) electrons. The summed E-state index contributed by atoms with van der Waals surface area (Å²) >= 11 is 0. The second-order valence-electron chi connectivity index (χ2n) is 6.95. The van der Waals surface area contributed by atoms with E-state index in [2.05, 4.69) is 10.3 Å². The maximum absolute atomic E-state index is 14.3. The molecule has 0 fully saturated rings. The Kier molecular flexibility index (Phi) is 4.90. The summed E-state index contributed by atoms with van der Waals surface area (Å²) in [6.07, 6.45) is 0. The van der Waals surface area contributed by atoms with Crippen LogP contribution in [0.2, 0.25) is 0 Å². The number of imidazole rings is 1. The lowest BCUT2D eigenvalue weighted by atomic mass is 10.2. The molecule has 4 rings (SSSR count). The van der Waals surface area contributed by atoms with E-state index in [-0.39, 0.29) is 17.8 Å². The molecule has 0 aliphatic heterocycles. The topological polar surface area (TPSA) is 126 Å². The van der Waals surface area contributed by atoms with E-state index in [9.17, 15) is 23.9 Å². The van der Waals surface area contributed by atoms with Gasteiger partial charge in [0.25, 0.3) is 11.5 Å². The zero-order chi connectivity index (χ0) is 22.3. The van der Waals surface area contributed by atoms with Gasteiger partial charge in [0, 0.05) is 5.56 Å². The van der Waals surface area contributed by atoms with Crippen LogP contribution < -0.4 is 10.9 Å². The second kappa shape index (κ2) is 7.56. The number of amides is 1. The number of aromatic hydroxyl groups is 1. The number of rotatable bonds is 5. The second-order valence-corrected chi connectivity index (χ2v) is 6.95. The molecular weight excluding hydrogens is 407 g/mol. The Labute approximate surface area is 174 Å². The van der Waals surface area contributed by atoms with Crippen molar-refractivity contribution in [1.29, 1.82) is 0 Å². The molecule has 4 aromatic rings. The van der Waals surface area contributed by atoms with Gasteiger partial charge in [-0.1, -0.05) is 30.3 Å². The summed E-state index contributed by atoms with van der Waals surface area (Å²) in [6, 6.07) is 11.3. The van der Waals surface area contributed by atoms with Crippen molar-refractivity contribution in [2.75, 3.05) is 0 Å². The normalized spacial score (nSPS) is 12.2. The van der Waals surface area contributed by atoms with E-state index in [1.54, 1.807) is 30.3 Å². The van der Waals surface area contributed by atoms with E-state index < -0.39 is 40.6 Å². The van der Waals surface area contributed by atoms with Gasteiger partial charge < -0.3 is 15.5 Å². The molecule has 0 aliphatic carbocycles. The van der Waals surface area contributed by atoms with Crippen LogP contribution >= 0.6 is 0 Å². The summed E-state index contributed by atoms with van der Waals surface area (Å²) in [4.78, 5) is 41.3. The summed E-state index contributed by atoms with van der Waals surface area (Å²) in [5.74, 6) is -3.63. The Hall–Kier alpha value is -4.21. The molecule has 0 bridgehead atoms. The van der Waals surface area contributed by atoms with Crippen molar-refractivity contribution in [3.63, 3.8) is 0 Å². The highest BCUT2D eigenvalue weighted by molar-refractivity contribution is 6.00. The van der Waals surface area contributed by atoms with Gasteiger partial charge in [0.2, 0.25) is 0 Å². The third kappa shape index (κ3) is 3.37. The number of aromatic nitrogens is 3. The number of carboxylic acid groups (broad SMARTS) is 1. The van der Waals surface area contributed by atoms with Gasteiger partial charge in [-0.15, -0.1) is 0 Å². The highest BCUT2D eigenvalue weighted by Gasteiger charge is 2.27. The summed E-state index contributed by atoms with van der Waals surface area (Å²) < 4.78 is 16.7. The minimum Gasteiger partial charge on any atom is -0.504 e. The van der Waals surface area contributed by atoms with Crippen LogP contribution in [0, 0.1) is 5.82 Å². The number of hydrogen-bond donors (Lipinski definition) is 3. The summed E-state index contributed by atoms with van der Waals surface area (Å²) in [7, 11) is 0. The molecule has 10 heteroatoms. The maximum atomic E-state index is 14.3. The van der Waals surface area contributed by atoms with Crippen molar-refractivity contribution in [1.82, 2.24) is 19.5 Å². The van der Waals surface area contributed by atoms with Gasteiger partial charge in [-0.3, -0.25) is 14.4 Å². The Morgan fingerprint density at radius 2 is 1.84 bits per heavy atom. The van der Waals surface area contributed by atoms with E-state index in [4.69, 9.17) is 5.11 Å². The molecule has 0 aliphatic rings. The fourth-order valence-corrected chi connectivity index (χ4v) is 3.31. The molecule has 2 aromatic heterocycles. The fraction of sp³-hybridized carbons (Fsp3) is 0.143. The molecule has 0 saturated heterocycles. The number of benzene rings is 2. The molecular formula is C21H17FN4O5. The highest BCUT2D eigenvalue weighted by atomic mass is 19.1. The van der Waals surface area contributed by atoms with Crippen molar-refractivity contribution in [2.45, 2.75) is 19.5 Å². The lowest BCUT2D eigenvalue weighted by molar-refractivity contribution is -0.138. The number of carbonyl (C=O) groups excluding carboxylic acids is 1. The number of carboxylic acids is 1. The number of para-hydroxylation sites is 2. The van der Waals surface area contributed by atoms with Crippen molar-refractivity contribution in [2.24, 2.45) is 0 Å². The van der Waals surface area contributed by atoms with E-state index in [0.717, 1.165) is 4.68 Å². The smallest absolute Gasteiger partial charge is 0.325 e. The first-order valence-electron chi connectivity index (χ1n) is 9.30. The van der Waals surface area contributed by atoms with Crippen LogP contribution in [0.1, 0.15) is 22.8 Å². The van der Waals surface area contributed by atoms with Gasteiger partial charge in [0.05, 0.1) is 17.6 Å². The van der Waals surface area contributed by atoms with Crippen molar-refractivity contribution in [3.8, 4) is 5.75 Å². The third-order valence-electron chi connectivity index (χ3n) is 4.90. The van der Waals surface area contributed by atoms with E-state index >= 15 is 0 Å². The first kappa shape index (κ1) is 20.1. The van der Waals surface area contributed by atoms with Gasteiger partial charge in [-0.25, -0.2) is 18.6 Å². The lowest BCUT2D eigenvalue weighted by Gasteiger charge is -2.15. The zero-order valence-corrected chi connectivity index (χ0v) is 16.2. The average Bonchev–Trinajstić information content (AvgIpc) is 3.12. The number of aliphatic carboxylic acids is 1. The lowest BCUT2D eigenvalue weighted by Crippen LogP contribution is -2.42. The molecule has 31 heavy (non-hydrogen) atoms. The van der Waals surface area contributed by atoms with Crippen LogP contribution in [0.4, 0.5) is 4.39 Å². The van der Waals surface area contributed by atoms with Crippen LogP contribution in [0.25, 0.3) is 16.7 Å². The molecule has 1 unspecified atom stereocenters. The molecule has 3 N–H and O–H groups in total. The zero-order valence-electron chi connectivity index (χ0n) is 16.2. The molecule has 9 nitrogen and oxygen atoms in total. The Balaban J connectivity index is 2.01. The molecule has 0 spiro atoms. The van der Waals surface area contributed by atoms with E-state index in [0.29, 0.717) is 11.0 Å². The Morgan fingerprint density at radius 3 is 2.55 bits per heavy atom. The van der Waals surface area contributed by atoms with E-state index in [1.165, 1.54) is 29.6 Å². The van der Waals surface area contributed by atoms with Crippen LogP contribution in [0.3, 0.4) is 0 Å². The molecule has 1 atom stereocenters. The molecule has 2 heterocycles. The summed E-state index contributed by atoms with van der Waals surface area (Å²) in [5, 5.41) is 21.9. The number of carbonyl (C=O) groups is 2. The quantitative estimate of drug-likeness (QED) is 0.448. The predicted molar refractivity (Wildman–Crippen MR) is 109 cm³/mol. The number of nitrogens with zero attached hydrogens (tertiary/aromatic N) is 3. The van der Waals surface area contributed by atoms with Gasteiger partial charge in [0.1, 0.15) is 11.9 Å². The molecule has 0 saturated carbocycles. The number of hydrogen-bond acceptors (Lipinski definition) is 5. The Morgan fingerprint density at radius 1 is 1.16 bits per heavy atom. The van der Waals surface area contributed by atoms with Crippen LogP contribution in [-0.4, -0.2) is 42.3 Å². The van der Waals surface area contributed by atoms with Gasteiger partial charge in [-0.05, 0) is 25.1 Å². The first-order valence-corrected chi connectivity index (χ1v) is 9.30. The summed E-state index contributed by atoms with van der Waals surface area (Å²) in [6.45, 7) is 0.967. The highest BCUT2D eigenvalue weighted by Crippen LogP contribution is 2.25. The van der Waals surface area contributed by atoms with Crippen molar-refractivity contribution >= 4 is 28.6 Å². The molecule has 1 amide bonds. The monoisotopic (exact) mass is 424 g/mol. The van der Waals surface area contributed by atoms with Crippen LogP contribution in [0.5, 0.6) is 5.75 Å². The van der Waals surface area contributed by atoms with Crippen molar-refractivity contribution < 1.29 is 24.2 Å². The van der Waals surface area contributed by atoms with Crippen LogP contribution in [0.15, 0.2) is 53.3 Å². The standard InChI is InChI=1S/C21H17FN4O5/c1-11(21(30)31)23-19(28)16-17(27)18-24-14-8-4-5-9-15(14)26(18)25(20(16)29)10-12-6-2-3-7-13(12)22/h2-9,11,27H,10H2,1H3,(H,23,28)(H,30,31). The summed E-state index contributed by atoms with van der Waals surface area (Å²) in [5.41, 5.74) is -0.605. The van der Waals surface area contributed by atoms with Gasteiger partial charge in [0.15, 0.2) is 17.0 Å². The minimum atomic E-state index is -1.31. The minimum absolute atomic E-state index is 0.0923.